The average molecular weight is 455 g/mol. The predicted octanol–water partition coefficient (Wildman–Crippen LogP) is 5.02. The summed E-state index contributed by atoms with van der Waals surface area (Å²) in [6.45, 7) is 1.77. The molecule has 7 nitrogen and oxygen atoms in total. The topological polar surface area (TPSA) is 81.1 Å². The average Bonchev–Trinajstić information content (AvgIpc) is 3.27. The number of methoxy groups -OCH3 is 1. The minimum Gasteiger partial charge on any atom is -0.496 e. The molecule has 5 rings (SSSR count). The van der Waals surface area contributed by atoms with Gasteiger partial charge in [-0.1, -0.05) is 48.5 Å². The van der Waals surface area contributed by atoms with Gasteiger partial charge in [0.1, 0.15) is 17.6 Å². The van der Waals surface area contributed by atoms with Gasteiger partial charge in [-0.3, -0.25) is 4.79 Å². The van der Waals surface area contributed by atoms with Gasteiger partial charge in [-0.25, -0.2) is 9.07 Å². The predicted molar refractivity (Wildman–Crippen MR) is 128 cm³/mol. The SMILES string of the molecule is COc1ccccc1-c1nc2n(n1)C(c1ccccc1F)C(C(=O)Nc1ccccc1)=C(C)N2. The van der Waals surface area contributed by atoms with Gasteiger partial charge in [-0.05, 0) is 37.3 Å². The summed E-state index contributed by atoms with van der Waals surface area (Å²) in [5.41, 5.74) is 2.55. The van der Waals surface area contributed by atoms with E-state index in [1.165, 1.54) is 6.07 Å². The van der Waals surface area contributed by atoms with Crippen LogP contribution in [0.25, 0.3) is 11.4 Å². The summed E-state index contributed by atoms with van der Waals surface area (Å²) >= 11 is 0. The van der Waals surface area contributed by atoms with Gasteiger partial charge in [0.05, 0.1) is 18.2 Å². The molecule has 8 heteroatoms. The maximum Gasteiger partial charge on any atom is 0.255 e. The second kappa shape index (κ2) is 8.82. The summed E-state index contributed by atoms with van der Waals surface area (Å²) in [4.78, 5) is 18.1. The fraction of sp³-hybridized carbons (Fsp3) is 0.115. The number of hydrogen-bond donors (Lipinski definition) is 2. The van der Waals surface area contributed by atoms with E-state index in [4.69, 9.17) is 4.74 Å². The van der Waals surface area contributed by atoms with Crippen molar-refractivity contribution in [2.75, 3.05) is 17.7 Å². The first-order valence-corrected chi connectivity index (χ1v) is 10.8. The molecule has 0 aliphatic carbocycles. The van der Waals surface area contributed by atoms with Gasteiger partial charge in [0.25, 0.3) is 5.91 Å². The molecule has 3 aromatic carbocycles. The second-order valence-electron chi connectivity index (χ2n) is 7.81. The van der Waals surface area contributed by atoms with Gasteiger partial charge < -0.3 is 15.4 Å². The number of carbonyl (C=O) groups is 1. The van der Waals surface area contributed by atoms with Crippen molar-refractivity contribution < 1.29 is 13.9 Å². The van der Waals surface area contributed by atoms with Crippen molar-refractivity contribution in [3.8, 4) is 17.1 Å². The lowest BCUT2D eigenvalue weighted by atomic mass is 9.94. The van der Waals surface area contributed by atoms with Crippen molar-refractivity contribution in [2.45, 2.75) is 13.0 Å². The van der Waals surface area contributed by atoms with Crippen LogP contribution < -0.4 is 15.4 Å². The number of aromatic nitrogens is 3. The lowest BCUT2D eigenvalue weighted by molar-refractivity contribution is -0.113. The number of benzene rings is 3. The molecule has 0 bridgehead atoms. The monoisotopic (exact) mass is 455 g/mol. The molecule has 34 heavy (non-hydrogen) atoms. The Kier molecular flexibility index (Phi) is 5.55. The zero-order valence-electron chi connectivity index (χ0n) is 18.6. The van der Waals surface area contributed by atoms with Crippen LogP contribution in [0.3, 0.4) is 0 Å². The number of halogens is 1. The Morgan fingerprint density at radius 2 is 1.74 bits per heavy atom. The van der Waals surface area contributed by atoms with Crippen LogP contribution in [0.15, 0.2) is 90.1 Å². The van der Waals surface area contributed by atoms with E-state index in [2.05, 4.69) is 20.7 Å². The Bertz CT molecular complexity index is 1400. The Morgan fingerprint density at radius 1 is 1.03 bits per heavy atom. The molecular formula is C26H22FN5O2. The van der Waals surface area contributed by atoms with E-state index in [9.17, 15) is 4.79 Å². The summed E-state index contributed by atoms with van der Waals surface area (Å²) < 4.78 is 22.1. The molecule has 1 unspecified atom stereocenters. The molecule has 0 saturated heterocycles. The van der Waals surface area contributed by atoms with Crippen molar-refractivity contribution in [2.24, 2.45) is 0 Å². The summed E-state index contributed by atoms with van der Waals surface area (Å²) in [5, 5.41) is 10.8. The van der Waals surface area contributed by atoms with Crippen molar-refractivity contribution in [1.29, 1.82) is 0 Å². The third-order valence-corrected chi connectivity index (χ3v) is 5.68. The van der Waals surface area contributed by atoms with E-state index >= 15 is 4.39 Å². The number of nitrogens with one attached hydrogen (secondary N) is 2. The molecule has 0 saturated carbocycles. The standard InChI is InChI=1S/C26H22FN5O2/c1-16-22(25(33)29-17-10-4-3-5-11-17)23(18-12-6-8-14-20(18)27)32-26(28-16)30-24(31-32)19-13-7-9-15-21(19)34-2/h3-15,23H,1-2H3,(H,29,33)(H,28,30,31). The molecule has 2 N–H and O–H groups in total. The first-order valence-electron chi connectivity index (χ1n) is 10.8. The zero-order chi connectivity index (χ0) is 23.7. The van der Waals surface area contributed by atoms with E-state index in [0.717, 1.165) is 0 Å². The van der Waals surface area contributed by atoms with Crippen LogP contribution in [0.5, 0.6) is 5.75 Å². The number of fused-ring (bicyclic) bond motifs is 1. The van der Waals surface area contributed by atoms with Gasteiger partial charge in [0, 0.05) is 16.9 Å². The van der Waals surface area contributed by atoms with Crippen LogP contribution in [-0.4, -0.2) is 27.8 Å². The van der Waals surface area contributed by atoms with E-state index in [0.29, 0.717) is 45.6 Å². The van der Waals surface area contributed by atoms with Gasteiger partial charge in [-0.15, -0.1) is 5.10 Å². The highest BCUT2D eigenvalue weighted by molar-refractivity contribution is 6.06. The highest BCUT2D eigenvalue weighted by atomic mass is 19.1. The summed E-state index contributed by atoms with van der Waals surface area (Å²) in [6, 6.07) is 22.1. The van der Waals surface area contributed by atoms with E-state index in [-0.39, 0.29) is 5.91 Å². The number of rotatable bonds is 5. The van der Waals surface area contributed by atoms with Gasteiger partial charge >= 0.3 is 0 Å². The minimum atomic E-state index is -0.822. The van der Waals surface area contributed by atoms with Gasteiger partial charge in [0.2, 0.25) is 5.95 Å². The Morgan fingerprint density at radius 3 is 2.50 bits per heavy atom. The highest BCUT2D eigenvalue weighted by Crippen LogP contribution is 2.38. The highest BCUT2D eigenvalue weighted by Gasteiger charge is 2.36. The Balaban J connectivity index is 1.64. The van der Waals surface area contributed by atoms with E-state index in [1.54, 1.807) is 49.0 Å². The molecule has 1 aliphatic rings. The van der Waals surface area contributed by atoms with Crippen molar-refractivity contribution in [3.63, 3.8) is 0 Å². The first kappa shape index (κ1) is 21.4. The smallest absolute Gasteiger partial charge is 0.255 e. The molecule has 4 aromatic rings. The van der Waals surface area contributed by atoms with Gasteiger partial charge in [-0.2, -0.15) is 4.98 Å². The molecular weight excluding hydrogens is 433 g/mol. The molecule has 1 amide bonds. The molecule has 0 radical (unpaired) electrons. The quantitative estimate of drug-likeness (QED) is 0.442. The lowest BCUT2D eigenvalue weighted by Crippen LogP contribution is -2.32. The first-order chi connectivity index (χ1) is 16.6. The number of ether oxygens (including phenoxy) is 1. The fourth-order valence-corrected chi connectivity index (χ4v) is 4.09. The number of anilines is 2. The minimum absolute atomic E-state index is 0.319. The Hall–Kier alpha value is -4.46. The number of hydrogen-bond acceptors (Lipinski definition) is 5. The molecule has 170 valence electrons. The summed E-state index contributed by atoms with van der Waals surface area (Å²) in [7, 11) is 1.58. The normalized spacial score (nSPS) is 14.9. The number of nitrogens with zero attached hydrogens (tertiary/aromatic N) is 3. The molecule has 2 heterocycles. The summed E-state index contributed by atoms with van der Waals surface area (Å²) in [5.74, 6) is 0.623. The zero-order valence-corrected chi connectivity index (χ0v) is 18.6. The maximum absolute atomic E-state index is 15.1. The fourth-order valence-electron chi connectivity index (χ4n) is 4.09. The third-order valence-electron chi connectivity index (χ3n) is 5.68. The molecule has 1 aliphatic heterocycles. The number of amides is 1. The largest absolute Gasteiger partial charge is 0.496 e. The summed E-state index contributed by atoms with van der Waals surface area (Å²) in [6.07, 6.45) is 0. The second-order valence-corrected chi connectivity index (χ2v) is 7.81. The van der Waals surface area contributed by atoms with E-state index < -0.39 is 11.9 Å². The maximum atomic E-state index is 15.1. The molecule has 0 spiro atoms. The number of allylic oxidation sites excluding steroid dienone is 1. The lowest BCUT2D eigenvalue weighted by Gasteiger charge is -2.28. The van der Waals surface area contributed by atoms with E-state index in [1.807, 2.05) is 42.5 Å². The number of para-hydroxylation sites is 2. The Labute approximate surface area is 195 Å². The van der Waals surface area contributed by atoms with Crippen molar-refractivity contribution in [3.05, 3.63) is 102 Å². The van der Waals surface area contributed by atoms with Crippen molar-refractivity contribution >= 4 is 17.5 Å². The van der Waals surface area contributed by atoms with Crippen LogP contribution in [0.2, 0.25) is 0 Å². The van der Waals surface area contributed by atoms with Crippen LogP contribution in [-0.2, 0) is 4.79 Å². The van der Waals surface area contributed by atoms with Crippen LogP contribution >= 0.6 is 0 Å². The third kappa shape index (κ3) is 3.79. The van der Waals surface area contributed by atoms with Crippen LogP contribution in [0, 0.1) is 5.82 Å². The molecule has 0 fully saturated rings. The van der Waals surface area contributed by atoms with Crippen molar-refractivity contribution in [1.82, 2.24) is 14.8 Å². The number of carbonyl (C=O) groups excluding carboxylic acids is 1. The van der Waals surface area contributed by atoms with Crippen LogP contribution in [0.1, 0.15) is 18.5 Å². The van der Waals surface area contributed by atoms with Gasteiger partial charge in [0.15, 0.2) is 5.82 Å². The van der Waals surface area contributed by atoms with Crippen LogP contribution in [0.4, 0.5) is 16.0 Å². The molecule has 1 atom stereocenters. The molecule has 1 aromatic heterocycles.